The molecule has 2 aromatic carbocycles. The molecule has 1 saturated heterocycles. The van der Waals surface area contributed by atoms with Crippen molar-refractivity contribution in [2.75, 3.05) is 19.7 Å². The van der Waals surface area contributed by atoms with Crippen LogP contribution in [0.2, 0.25) is 0 Å². The monoisotopic (exact) mass is 494 g/mol. The van der Waals surface area contributed by atoms with Gasteiger partial charge in [0.1, 0.15) is 17.3 Å². The number of nitrogens with zero attached hydrogens (tertiary/aromatic N) is 3. The Hall–Kier alpha value is -3.77. The van der Waals surface area contributed by atoms with E-state index in [1.165, 1.54) is 23.3 Å². The van der Waals surface area contributed by atoms with E-state index in [-0.39, 0.29) is 5.82 Å². The van der Waals surface area contributed by atoms with Gasteiger partial charge in [-0.1, -0.05) is 25.1 Å². The Bertz CT molecular complexity index is 1380. The normalized spacial score (nSPS) is 19.5. The summed E-state index contributed by atoms with van der Waals surface area (Å²) in [5, 5.41) is 8.05. The molecular weight excluding hydrogens is 463 g/mol. The Morgan fingerprint density at radius 3 is 2.54 bits per heavy atom. The highest BCUT2D eigenvalue weighted by Gasteiger charge is 2.35. The molecule has 0 radical (unpaired) electrons. The number of aromatic nitrogens is 3. The van der Waals surface area contributed by atoms with E-state index >= 15 is 0 Å². The molecular formula is C31H31FN4O. The molecule has 0 spiro atoms. The quantitative estimate of drug-likeness (QED) is 0.310. The van der Waals surface area contributed by atoms with E-state index in [1.807, 2.05) is 12.1 Å². The van der Waals surface area contributed by atoms with Gasteiger partial charge in [-0.3, -0.25) is 15.0 Å². The van der Waals surface area contributed by atoms with E-state index in [4.69, 9.17) is 9.84 Å². The molecule has 0 unspecified atom stereocenters. The molecule has 4 heterocycles. The van der Waals surface area contributed by atoms with Crippen molar-refractivity contribution >= 4 is 5.57 Å². The Morgan fingerprint density at radius 1 is 1.00 bits per heavy atom. The first-order chi connectivity index (χ1) is 18.2. The molecule has 188 valence electrons. The van der Waals surface area contributed by atoms with Gasteiger partial charge in [-0.2, -0.15) is 5.10 Å². The Labute approximate surface area is 217 Å². The summed E-state index contributed by atoms with van der Waals surface area (Å²) in [4.78, 5) is 6.80. The fourth-order valence-corrected chi connectivity index (χ4v) is 5.64. The maximum absolute atomic E-state index is 13.6. The van der Waals surface area contributed by atoms with E-state index in [0.717, 1.165) is 72.8 Å². The van der Waals surface area contributed by atoms with Gasteiger partial charge in [0.2, 0.25) is 0 Å². The Balaban J connectivity index is 1.29. The fraction of sp³-hybridized carbons (Fsp3) is 0.290. The molecule has 37 heavy (non-hydrogen) atoms. The van der Waals surface area contributed by atoms with Crippen LogP contribution in [0.15, 0.2) is 79.1 Å². The summed E-state index contributed by atoms with van der Waals surface area (Å²) in [5.74, 6) is 1.21. The number of benzene rings is 2. The summed E-state index contributed by atoms with van der Waals surface area (Å²) in [6, 6.07) is 19.6. The van der Waals surface area contributed by atoms with Crippen LogP contribution in [0.5, 0.6) is 5.75 Å². The fourth-order valence-electron chi connectivity index (χ4n) is 5.64. The lowest BCUT2D eigenvalue weighted by Gasteiger charge is -2.28. The minimum absolute atomic E-state index is 0.251. The predicted molar refractivity (Wildman–Crippen MR) is 145 cm³/mol. The minimum Gasteiger partial charge on any atom is -0.494 e. The lowest BCUT2D eigenvalue weighted by atomic mass is 9.91. The number of H-pyrrole nitrogens is 1. The molecule has 0 aliphatic carbocycles. The second-order valence-corrected chi connectivity index (χ2v) is 9.92. The number of halogens is 1. The number of hydrogen-bond donors (Lipinski definition) is 1. The number of pyridine rings is 1. The largest absolute Gasteiger partial charge is 0.494 e. The van der Waals surface area contributed by atoms with E-state index in [1.54, 1.807) is 24.5 Å². The zero-order valence-corrected chi connectivity index (χ0v) is 21.0. The predicted octanol–water partition coefficient (Wildman–Crippen LogP) is 6.71. The first-order valence-electron chi connectivity index (χ1n) is 13.1. The van der Waals surface area contributed by atoms with E-state index < -0.39 is 0 Å². The molecule has 2 aromatic heterocycles. The van der Waals surface area contributed by atoms with Crippen LogP contribution in [0.3, 0.4) is 0 Å². The van der Waals surface area contributed by atoms with Crippen LogP contribution in [0.4, 0.5) is 4.39 Å². The van der Waals surface area contributed by atoms with Gasteiger partial charge in [0.25, 0.3) is 0 Å². The maximum Gasteiger partial charge on any atom is 0.123 e. The van der Waals surface area contributed by atoms with Crippen molar-refractivity contribution in [3.05, 3.63) is 96.2 Å². The number of ether oxygens (including phenoxy) is 1. The van der Waals surface area contributed by atoms with Crippen LogP contribution in [0.25, 0.3) is 28.0 Å². The molecule has 0 saturated carbocycles. The number of nitrogens with one attached hydrogen (secondary N) is 1. The summed E-state index contributed by atoms with van der Waals surface area (Å²) in [6.07, 6.45) is 9.10. The van der Waals surface area contributed by atoms with Crippen molar-refractivity contribution in [2.24, 2.45) is 0 Å². The third kappa shape index (κ3) is 4.81. The molecule has 0 amide bonds. The molecule has 5 nitrogen and oxygen atoms in total. The lowest BCUT2D eigenvalue weighted by Crippen LogP contribution is -2.32. The average Bonchev–Trinajstić information content (AvgIpc) is 3.57. The van der Waals surface area contributed by atoms with Crippen LogP contribution >= 0.6 is 0 Å². The van der Waals surface area contributed by atoms with Gasteiger partial charge in [0.05, 0.1) is 12.3 Å². The van der Waals surface area contributed by atoms with E-state index in [2.05, 4.69) is 52.2 Å². The number of rotatable bonds is 7. The second kappa shape index (κ2) is 10.3. The Morgan fingerprint density at radius 2 is 1.78 bits per heavy atom. The Kier molecular flexibility index (Phi) is 6.58. The molecule has 6 heteroatoms. The summed E-state index contributed by atoms with van der Waals surface area (Å²) in [7, 11) is 0. The van der Waals surface area contributed by atoms with Crippen LogP contribution in [0.1, 0.15) is 43.4 Å². The van der Waals surface area contributed by atoms with Gasteiger partial charge in [-0.25, -0.2) is 4.39 Å². The number of hydrogen-bond acceptors (Lipinski definition) is 4. The van der Waals surface area contributed by atoms with Crippen LogP contribution in [-0.2, 0) is 0 Å². The molecule has 1 N–H and O–H groups in total. The third-order valence-electron chi connectivity index (χ3n) is 7.51. The summed E-state index contributed by atoms with van der Waals surface area (Å²) in [6.45, 7) is 4.97. The average molecular weight is 495 g/mol. The molecule has 0 bridgehead atoms. The highest BCUT2D eigenvalue weighted by atomic mass is 19.1. The van der Waals surface area contributed by atoms with E-state index in [0.29, 0.717) is 12.0 Å². The van der Waals surface area contributed by atoms with Gasteiger partial charge >= 0.3 is 0 Å². The van der Waals surface area contributed by atoms with Crippen molar-refractivity contribution in [1.29, 1.82) is 0 Å². The second-order valence-electron chi connectivity index (χ2n) is 9.92. The number of fused-ring (bicyclic) bond motifs is 1. The summed E-state index contributed by atoms with van der Waals surface area (Å²) >= 11 is 0. The van der Waals surface area contributed by atoms with Crippen molar-refractivity contribution in [2.45, 2.75) is 38.1 Å². The van der Waals surface area contributed by atoms with Crippen LogP contribution in [0, 0.1) is 5.82 Å². The van der Waals surface area contributed by atoms with Gasteiger partial charge in [0, 0.05) is 42.7 Å². The van der Waals surface area contributed by atoms with Gasteiger partial charge in [-0.05, 0) is 90.4 Å². The standard InChI is InChI=1S/C31H31FN4O/c1-2-17-37-28-9-5-21(6-10-28)25-19-27-18-24(13-16-36(27)20-25)31-29(22-11-14-33-15-12-22)30(34-35-31)23-3-7-26(32)8-4-23/h3-12,14-15,18,25,27H,2,13,16-17,19-20H2,1H3,(H,34,35)/t25-,27-/m1/s1. The van der Waals surface area contributed by atoms with Crippen LogP contribution in [-0.4, -0.2) is 45.8 Å². The highest BCUT2D eigenvalue weighted by Crippen LogP contribution is 2.41. The summed E-state index contributed by atoms with van der Waals surface area (Å²) in [5.41, 5.74) is 7.54. The van der Waals surface area contributed by atoms with Crippen molar-refractivity contribution in [1.82, 2.24) is 20.1 Å². The minimum atomic E-state index is -0.251. The topological polar surface area (TPSA) is 54.0 Å². The van der Waals surface area contributed by atoms with Crippen LogP contribution < -0.4 is 4.74 Å². The van der Waals surface area contributed by atoms with Crippen molar-refractivity contribution < 1.29 is 9.13 Å². The van der Waals surface area contributed by atoms with Gasteiger partial charge in [0.15, 0.2) is 0 Å². The van der Waals surface area contributed by atoms with E-state index in [9.17, 15) is 4.39 Å². The SMILES string of the molecule is CCCOc1ccc([C@@H]2C[C@H]3C=C(c4[nH]nc(-c5ccc(F)cc5)c4-c4ccncc4)CCN3C2)cc1. The van der Waals surface area contributed by atoms with Gasteiger partial charge in [-0.15, -0.1) is 0 Å². The smallest absolute Gasteiger partial charge is 0.123 e. The number of aromatic amines is 1. The molecule has 6 rings (SSSR count). The highest BCUT2D eigenvalue weighted by molar-refractivity contribution is 5.89. The maximum atomic E-state index is 13.6. The van der Waals surface area contributed by atoms with Crippen molar-refractivity contribution in [3.63, 3.8) is 0 Å². The summed E-state index contributed by atoms with van der Waals surface area (Å²) < 4.78 is 19.4. The van der Waals surface area contributed by atoms with Gasteiger partial charge < -0.3 is 4.74 Å². The molecule has 4 aromatic rings. The molecule has 2 aliphatic heterocycles. The molecule has 2 aliphatic rings. The molecule has 1 fully saturated rings. The van der Waals surface area contributed by atoms with Crippen molar-refractivity contribution in [3.8, 4) is 28.1 Å². The zero-order chi connectivity index (χ0) is 25.2. The third-order valence-corrected chi connectivity index (χ3v) is 7.51. The first-order valence-corrected chi connectivity index (χ1v) is 13.1. The molecule has 2 atom stereocenters. The first kappa shape index (κ1) is 23.6. The lowest BCUT2D eigenvalue weighted by molar-refractivity contribution is 0.285. The zero-order valence-electron chi connectivity index (χ0n) is 21.0.